The zero-order valence-corrected chi connectivity index (χ0v) is 23.4. The summed E-state index contributed by atoms with van der Waals surface area (Å²) in [6.07, 6.45) is 28.3. The number of allylic oxidation sites excluding steroid dienone is 1. The van der Waals surface area contributed by atoms with Crippen molar-refractivity contribution in [1.82, 2.24) is 0 Å². The van der Waals surface area contributed by atoms with Crippen molar-refractivity contribution in [2.24, 2.45) is 40.4 Å². The average Bonchev–Trinajstić information content (AvgIpc) is 3.40. The van der Waals surface area contributed by atoms with E-state index in [9.17, 15) is 5.11 Å². The number of hydrogen-bond acceptors (Lipinski definition) is 2. The van der Waals surface area contributed by atoms with Crippen LogP contribution < -0.4 is 0 Å². The van der Waals surface area contributed by atoms with E-state index in [1.54, 1.807) is 5.57 Å². The Morgan fingerprint density at radius 1 is 0.861 bits per heavy atom. The van der Waals surface area contributed by atoms with Gasteiger partial charge in [0, 0.05) is 5.41 Å². The highest BCUT2D eigenvalue weighted by Crippen LogP contribution is 2.72. The van der Waals surface area contributed by atoms with Crippen LogP contribution in [0.25, 0.3) is 0 Å². The predicted molar refractivity (Wildman–Crippen MR) is 147 cm³/mol. The van der Waals surface area contributed by atoms with Gasteiger partial charge in [0.2, 0.25) is 0 Å². The highest BCUT2D eigenvalue weighted by molar-refractivity contribution is 5.26. The lowest BCUT2D eigenvalue weighted by Crippen LogP contribution is -2.55. The fourth-order valence-corrected chi connectivity index (χ4v) is 11.9. The van der Waals surface area contributed by atoms with Crippen LogP contribution in [-0.2, 0) is 4.74 Å². The molecule has 0 aromatic carbocycles. The first kappa shape index (κ1) is 24.7. The molecule has 0 radical (unpaired) electrons. The van der Waals surface area contributed by atoms with Crippen LogP contribution in [0.15, 0.2) is 12.2 Å². The smallest absolute Gasteiger partial charge is 0.0957 e. The van der Waals surface area contributed by atoms with E-state index in [-0.39, 0.29) is 11.2 Å². The summed E-state index contributed by atoms with van der Waals surface area (Å²) in [4.78, 5) is 0. The maximum atomic E-state index is 11.2. The minimum Gasteiger partial charge on any atom is -0.390 e. The van der Waals surface area contributed by atoms with Gasteiger partial charge in [0.25, 0.3) is 0 Å². The molecule has 2 heteroatoms. The van der Waals surface area contributed by atoms with Gasteiger partial charge in [-0.05, 0) is 125 Å². The van der Waals surface area contributed by atoms with Crippen molar-refractivity contribution in [1.29, 1.82) is 0 Å². The van der Waals surface area contributed by atoms with Crippen molar-refractivity contribution in [2.45, 2.75) is 159 Å². The molecule has 1 aliphatic heterocycles. The Morgan fingerprint density at radius 2 is 1.64 bits per heavy atom. The van der Waals surface area contributed by atoms with Crippen LogP contribution in [0.5, 0.6) is 0 Å². The van der Waals surface area contributed by atoms with Crippen molar-refractivity contribution in [3.8, 4) is 0 Å². The number of rotatable bonds is 4. The van der Waals surface area contributed by atoms with Gasteiger partial charge in [0.15, 0.2) is 0 Å². The second-order valence-electron chi connectivity index (χ2n) is 15.7. The van der Waals surface area contributed by atoms with E-state index in [2.05, 4.69) is 6.92 Å². The summed E-state index contributed by atoms with van der Waals surface area (Å²) in [6, 6.07) is 0. The number of fused-ring (bicyclic) bond motifs is 4. The molecule has 1 saturated heterocycles. The monoisotopic (exact) mass is 494 g/mol. The molecular formula is C34H54O2. The van der Waals surface area contributed by atoms with Crippen LogP contribution in [-0.4, -0.2) is 22.4 Å². The van der Waals surface area contributed by atoms with Crippen LogP contribution in [0.4, 0.5) is 0 Å². The first-order valence-electron chi connectivity index (χ1n) is 16.4. The summed E-state index contributed by atoms with van der Waals surface area (Å²) >= 11 is 0. The van der Waals surface area contributed by atoms with Gasteiger partial charge in [-0.3, -0.25) is 0 Å². The fraction of sp³-hybridized carbons (Fsp3) is 0.941. The lowest BCUT2D eigenvalue weighted by Gasteiger charge is -2.62. The number of aliphatic hydroxyl groups is 1. The van der Waals surface area contributed by atoms with Crippen LogP contribution in [0, 0.1) is 40.4 Å². The molecule has 6 aliphatic carbocycles. The molecule has 0 aromatic heterocycles. The summed E-state index contributed by atoms with van der Waals surface area (Å²) in [5, 5.41) is 11.2. The van der Waals surface area contributed by atoms with Gasteiger partial charge in [0.1, 0.15) is 0 Å². The molecule has 6 saturated carbocycles. The molecule has 8 atom stereocenters. The molecule has 1 heterocycles. The third-order valence-corrected chi connectivity index (χ3v) is 13.7. The molecule has 36 heavy (non-hydrogen) atoms. The molecule has 7 aliphatic rings. The summed E-state index contributed by atoms with van der Waals surface area (Å²) in [7, 11) is 0. The van der Waals surface area contributed by atoms with Gasteiger partial charge in [-0.15, -0.1) is 0 Å². The van der Waals surface area contributed by atoms with E-state index < -0.39 is 0 Å². The highest BCUT2D eigenvalue weighted by atomic mass is 16.6. The summed E-state index contributed by atoms with van der Waals surface area (Å²) in [5.41, 5.74) is 2.40. The van der Waals surface area contributed by atoms with Crippen molar-refractivity contribution < 1.29 is 9.84 Å². The molecule has 2 nitrogen and oxygen atoms in total. The minimum atomic E-state index is -0.355. The van der Waals surface area contributed by atoms with Gasteiger partial charge < -0.3 is 9.84 Å². The van der Waals surface area contributed by atoms with Gasteiger partial charge in [-0.2, -0.15) is 0 Å². The third kappa shape index (κ3) is 3.92. The molecule has 0 unspecified atom stereocenters. The van der Waals surface area contributed by atoms with E-state index in [4.69, 9.17) is 11.3 Å². The number of ether oxygens (including phenoxy) is 1. The Balaban J connectivity index is 1.10. The van der Waals surface area contributed by atoms with Crippen LogP contribution >= 0.6 is 0 Å². The maximum Gasteiger partial charge on any atom is 0.0957 e. The maximum absolute atomic E-state index is 11.2. The number of hydrogen-bond donors (Lipinski definition) is 1. The Labute approximate surface area is 221 Å². The molecule has 2 spiro atoms. The van der Waals surface area contributed by atoms with E-state index in [0.717, 1.165) is 48.9 Å². The molecule has 202 valence electrons. The minimum absolute atomic E-state index is 0.220. The van der Waals surface area contributed by atoms with Gasteiger partial charge in [0.05, 0.1) is 17.3 Å². The predicted octanol–water partition coefficient (Wildman–Crippen LogP) is 8.76. The lowest BCUT2D eigenvalue weighted by molar-refractivity contribution is -0.116. The Morgan fingerprint density at radius 3 is 2.44 bits per heavy atom. The SMILES string of the molecule is C=C1C[C@@]2(CC[C@@H](CCC3(O)CCCCC3)C2)[C@@H]2O[C@@]23CCC[C@@H](C3)[C@@H]2[C@@H]1C[C@@]2(C)C1CCCCC1. The largest absolute Gasteiger partial charge is 0.390 e. The molecule has 2 bridgehead atoms. The average molecular weight is 495 g/mol. The zero-order valence-electron chi connectivity index (χ0n) is 23.4. The van der Waals surface area contributed by atoms with Crippen LogP contribution in [0.1, 0.15) is 142 Å². The molecule has 7 rings (SSSR count). The lowest BCUT2D eigenvalue weighted by atomic mass is 9.42. The second kappa shape index (κ2) is 8.84. The van der Waals surface area contributed by atoms with Gasteiger partial charge in [-0.1, -0.05) is 64.0 Å². The standard InChI is InChI=1S/C34H54O2/c1-24-20-32(18-13-25(21-32)14-19-33(35)15-7-4-8-16-33)30-34(36-30)17-9-10-26(22-34)29-28(24)23-31(29,2)27-11-5-3-6-12-27/h25-30,35H,1,3-23H2,2H3/t25-,26-,28+,29+,30-,31-,32+,34+/m0/s1. The molecule has 7 fully saturated rings. The fourth-order valence-electron chi connectivity index (χ4n) is 11.9. The topological polar surface area (TPSA) is 32.8 Å². The van der Waals surface area contributed by atoms with E-state index in [1.807, 2.05) is 0 Å². The third-order valence-electron chi connectivity index (χ3n) is 13.7. The van der Waals surface area contributed by atoms with Crippen molar-refractivity contribution in [3.63, 3.8) is 0 Å². The van der Waals surface area contributed by atoms with E-state index in [1.165, 1.54) is 116 Å². The summed E-state index contributed by atoms with van der Waals surface area (Å²) in [6.45, 7) is 7.60. The highest BCUT2D eigenvalue weighted by Gasteiger charge is 2.70. The molecule has 1 N–H and O–H groups in total. The molecule has 0 aromatic rings. The van der Waals surface area contributed by atoms with Crippen molar-refractivity contribution in [3.05, 3.63) is 12.2 Å². The first-order chi connectivity index (χ1) is 17.4. The van der Waals surface area contributed by atoms with Crippen LogP contribution in [0.3, 0.4) is 0 Å². The van der Waals surface area contributed by atoms with Crippen molar-refractivity contribution >= 4 is 0 Å². The van der Waals surface area contributed by atoms with Gasteiger partial charge in [-0.25, -0.2) is 0 Å². The molecule has 0 amide bonds. The Hall–Kier alpha value is -0.340. The Kier molecular flexibility index (Phi) is 6.06. The molecular weight excluding hydrogens is 440 g/mol. The quantitative estimate of drug-likeness (QED) is 0.313. The number of epoxide rings is 1. The second-order valence-corrected chi connectivity index (χ2v) is 15.7. The summed E-state index contributed by atoms with van der Waals surface area (Å²) in [5.74, 6) is 4.29. The normalized spacial score (nSPS) is 50.4. The van der Waals surface area contributed by atoms with E-state index in [0.29, 0.717) is 16.9 Å². The Bertz CT molecular complexity index is 851. The van der Waals surface area contributed by atoms with Crippen molar-refractivity contribution in [2.75, 3.05) is 0 Å². The van der Waals surface area contributed by atoms with Gasteiger partial charge >= 0.3 is 0 Å². The first-order valence-corrected chi connectivity index (χ1v) is 16.4. The zero-order chi connectivity index (χ0) is 24.6. The van der Waals surface area contributed by atoms with Crippen LogP contribution in [0.2, 0.25) is 0 Å². The van der Waals surface area contributed by atoms with E-state index >= 15 is 0 Å². The summed E-state index contributed by atoms with van der Waals surface area (Å²) < 4.78 is 6.93.